The van der Waals surface area contributed by atoms with Crippen LogP contribution in [0.5, 0.6) is 0 Å². The van der Waals surface area contributed by atoms with E-state index in [9.17, 15) is 19.4 Å². The van der Waals surface area contributed by atoms with E-state index >= 15 is 0 Å². The maximum Gasteiger partial charge on any atom is 0.472 e. The molecule has 0 aromatic heterocycles. The van der Waals surface area contributed by atoms with Crippen molar-refractivity contribution < 1.29 is 32.9 Å². The normalized spacial score (nSPS) is 14.6. The molecule has 0 fully saturated rings. The summed E-state index contributed by atoms with van der Waals surface area (Å²) in [7, 11) is 1.54. The molecule has 3 N–H and O–H groups in total. The molecular formula is C59H108N2O6P+. The number of allylic oxidation sites excluding steroid dienone is 13. The second-order valence-corrected chi connectivity index (χ2v) is 21.4. The number of amides is 1. The number of unbranched alkanes of at least 4 members (excludes halogenated alkanes) is 25. The van der Waals surface area contributed by atoms with Crippen LogP contribution in [-0.2, 0) is 18.4 Å². The van der Waals surface area contributed by atoms with Crippen molar-refractivity contribution in [1.29, 1.82) is 0 Å². The van der Waals surface area contributed by atoms with Gasteiger partial charge in [-0.3, -0.25) is 13.8 Å². The molecule has 0 radical (unpaired) electrons. The predicted molar refractivity (Wildman–Crippen MR) is 295 cm³/mol. The molecular weight excluding hydrogens is 864 g/mol. The lowest BCUT2D eigenvalue weighted by molar-refractivity contribution is -0.870. The Bertz CT molecular complexity index is 1380. The Balaban J connectivity index is 4.34. The molecule has 9 heteroatoms. The number of nitrogens with zero attached hydrogens (tertiary/aromatic N) is 1. The molecule has 0 aromatic rings. The topological polar surface area (TPSA) is 105 Å². The van der Waals surface area contributed by atoms with Crippen molar-refractivity contribution in [2.24, 2.45) is 0 Å². The summed E-state index contributed by atoms with van der Waals surface area (Å²) in [6.45, 7) is 4.68. The maximum atomic E-state index is 13.0. The zero-order valence-electron chi connectivity index (χ0n) is 44.8. The van der Waals surface area contributed by atoms with Crippen molar-refractivity contribution >= 4 is 13.7 Å². The molecule has 1 amide bonds. The van der Waals surface area contributed by atoms with Crippen LogP contribution in [0.15, 0.2) is 85.1 Å². The summed E-state index contributed by atoms with van der Waals surface area (Å²) in [5, 5.41) is 13.9. The van der Waals surface area contributed by atoms with Crippen molar-refractivity contribution in [2.45, 2.75) is 244 Å². The lowest BCUT2D eigenvalue weighted by Crippen LogP contribution is -2.45. The molecule has 0 aromatic carbocycles. The van der Waals surface area contributed by atoms with Gasteiger partial charge in [-0.05, 0) is 77.0 Å². The molecule has 8 nitrogen and oxygen atoms in total. The quantitative estimate of drug-likeness (QED) is 0.0243. The SMILES string of the molecule is CC/C=C\C/C=C\C/C=C\C/C=C\C/C=C\CCCCCCCCCC(=O)NC(COP(=O)(O)OCC[N+](C)(C)C)C(O)/C=C/CC/C=C/CCCCCCCCCCCCCCCCCCC. The number of phosphoric ester groups is 1. The van der Waals surface area contributed by atoms with Crippen molar-refractivity contribution in [3.05, 3.63) is 85.1 Å². The summed E-state index contributed by atoms with van der Waals surface area (Å²) in [4.78, 5) is 23.3. The van der Waals surface area contributed by atoms with Crippen LogP contribution in [0.3, 0.4) is 0 Å². The van der Waals surface area contributed by atoms with Gasteiger partial charge >= 0.3 is 7.82 Å². The van der Waals surface area contributed by atoms with Gasteiger partial charge in [-0.2, -0.15) is 0 Å². The van der Waals surface area contributed by atoms with E-state index in [2.05, 4.69) is 92.1 Å². The minimum atomic E-state index is -4.36. The fourth-order valence-corrected chi connectivity index (χ4v) is 8.47. The van der Waals surface area contributed by atoms with Gasteiger partial charge in [0.15, 0.2) is 0 Å². The first kappa shape index (κ1) is 65.7. The van der Waals surface area contributed by atoms with Gasteiger partial charge in [-0.1, -0.05) is 234 Å². The zero-order chi connectivity index (χ0) is 49.9. The third-order valence-corrected chi connectivity index (χ3v) is 13.1. The van der Waals surface area contributed by atoms with Gasteiger partial charge in [0, 0.05) is 6.42 Å². The molecule has 0 saturated heterocycles. The van der Waals surface area contributed by atoms with Crippen molar-refractivity contribution in [1.82, 2.24) is 5.32 Å². The second kappa shape index (κ2) is 49.7. The average Bonchev–Trinajstić information content (AvgIpc) is 3.30. The largest absolute Gasteiger partial charge is 0.472 e. The van der Waals surface area contributed by atoms with Gasteiger partial charge in [0.05, 0.1) is 39.9 Å². The van der Waals surface area contributed by atoms with Gasteiger partial charge in [0.1, 0.15) is 13.2 Å². The molecule has 0 bridgehead atoms. The van der Waals surface area contributed by atoms with E-state index in [1.165, 1.54) is 128 Å². The Kier molecular flexibility index (Phi) is 48.0. The maximum absolute atomic E-state index is 13.0. The standard InChI is InChI=1S/C59H107N2O6P/c1-6-8-10-12-14-16-18-20-22-24-26-28-30-32-34-36-38-40-42-44-46-48-50-52-58(62)57(56-67-68(64,65)66-55-54-61(3,4)5)60-59(63)53-51-49-47-45-43-41-39-37-35-33-31-29-27-25-23-21-19-17-15-13-11-9-7-2/h9,11,15,17,21,23,27,29,33,35,42,44,50,52,57-58,62H,6-8,10,12-14,16,18-20,22,24-26,28,30-32,34,36-41,43,45-49,51,53-56H2,1-5H3,(H-,60,63,64,65)/p+1/b11-9-,17-15-,23-21-,29-27-,35-33-,44-42+,52-50+. The highest BCUT2D eigenvalue weighted by Crippen LogP contribution is 2.43. The minimum Gasteiger partial charge on any atom is -0.387 e. The van der Waals surface area contributed by atoms with Crippen LogP contribution in [0.4, 0.5) is 0 Å². The Morgan fingerprint density at radius 1 is 0.515 bits per heavy atom. The van der Waals surface area contributed by atoms with Crippen LogP contribution in [0.1, 0.15) is 232 Å². The molecule has 0 aliphatic rings. The number of quaternary nitrogens is 1. The van der Waals surface area contributed by atoms with E-state index in [1.54, 1.807) is 6.08 Å². The van der Waals surface area contributed by atoms with Crippen LogP contribution in [0.25, 0.3) is 0 Å². The van der Waals surface area contributed by atoms with E-state index in [1.807, 2.05) is 27.2 Å². The second-order valence-electron chi connectivity index (χ2n) is 19.9. The third kappa shape index (κ3) is 51.5. The molecule has 0 spiro atoms. The van der Waals surface area contributed by atoms with E-state index < -0.39 is 20.0 Å². The summed E-state index contributed by atoms with van der Waals surface area (Å²) in [5.74, 6) is -0.200. The molecule has 0 aliphatic heterocycles. The first-order valence-corrected chi connectivity index (χ1v) is 29.5. The lowest BCUT2D eigenvalue weighted by atomic mass is 10.0. The molecule has 0 rings (SSSR count). The summed E-state index contributed by atoms with van der Waals surface area (Å²) in [5.41, 5.74) is 0. The first-order chi connectivity index (χ1) is 33.0. The van der Waals surface area contributed by atoms with Crippen LogP contribution < -0.4 is 5.32 Å². The minimum absolute atomic E-state index is 0.0497. The monoisotopic (exact) mass is 972 g/mol. The van der Waals surface area contributed by atoms with Gasteiger partial charge < -0.3 is 19.8 Å². The van der Waals surface area contributed by atoms with Crippen molar-refractivity contribution in [2.75, 3.05) is 40.9 Å². The Morgan fingerprint density at radius 3 is 1.35 bits per heavy atom. The number of carbonyl (C=O) groups is 1. The predicted octanol–water partition coefficient (Wildman–Crippen LogP) is 16.9. The van der Waals surface area contributed by atoms with Gasteiger partial charge in [0.2, 0.25) is 5.91 Å². The molecule has 3 unspecified atom stereocenters. The van der Waals surface area contributed by atoms with Crippen LogP contribution in [0.2, 0.25) is 0 Å². The number of rotatable bonds is 50. The summed E-state index contributed by atoms with van der Waals surface area (Å²) < 4.78 is 23.7. The van der Waals surface area contributed by atoms with E-state index in [0.717, 1.165) is 83.5 Å². The fraction of sp³-hybridized carbons (Fsp3) is 0.746. The molecule has 0 saturated carbocycles. The molecule has 68 heavy (non-hydrogen) atoms. The summed E-state index contributed by atoms with van der Waals surface area (Å²) >= 11 is 0. The number of hydrogen-bond acceptors (Lipinski definition) is 5. The number of carbonyl (C=O) groups excluding carboxylic acids is 1. The number of phosphoric acid groups is 1. The van der Waals surface area contributed by atoms with Crippen LogP contribution in [-0.4, -0.2) is 73.4 Å². The Morgan fingerprint density at radius 2 is 0.897 bits per heavy atom. The molecule has 3 atom stereocenters. The fourth-order valence-electron chi connectivity index (χ4n) is 7.73. The molecule has 0 heterocycles. The van der Waals surface area contributed by atoms with Crippen molar-refractivity contribution in [3.8, 4) is 0 Å². The van der Waals surface area contributed by atoms with Crippen LogP contribution >= 0.6 is 7.82 Å². The highest BCUT2D eigenvalue weighted by Gasteiger charge is 2.27. The number of likely N-dealkylation sites (N-methyl/N-ethyl adjacent to an activating group) is 1. The highest BCUT2D eigenvalue weighted by molar-refractivity contribution is 7.47. The number of nitrogens with one attached hydrogen (secondary N) is 1. The molecule has 0 aliphatic carbocycles. The number of aliphatic hydroxyl groups is 1. The van der Waals surface area contributed by atoms with Gasteiger partial charge in [-0.15, -0.1) is 0 Å². The molecule has 394 valence electrons. The lowest BCUT2D eigenvalue weighted by Gasteiger charge is -2.25. The van der Waals surface area contributed by atoms with Crippen molar-refractivity contribution in [3.63, 3.8) is 0 Å². The third-order valence-electron chi connectivity index (χ3n) is 12.1. The van der Waals surface area contributed by atoms with Crippen LogP contribution in [0, 0.1) is 0 Å². The number of hydrogen-bond donors (Lipinski definition) is 3. The van der Waals surface area contributed by atoms with Gasteiger partial charge in [-0.25, -0.2) is 4.57 Å². The Hall–Kier alpha value is -2.32. The Labute approximate surface area is 420 Å². The van der Waals surface area contributed by atoms with E-state index in [4.69, 9.17) is 9.05 Å². The highest BCUT2D eigenvalue weighted by atomic mass is 31.2. The average molecular weight is 972 g/mol. The smallest absolute Gasteiger partial charge is 0.387 e. The number of aliphatic hydroxyl groups excluding tert-OH is 1. The van der Waals surface area contributed by atoms with Gasteiger partial charge in [0.25, 0.3) is 0 Å². The van der Waals surface area contributed by atoms with E-state index in [0.29, 0.717) is 17.4 Å². The van der Waals surface area contributed by atoms with E-state index in [-0.39, 0.29) is 19.1 Å². The summed E-state index contributed by atoms with van der Waals surface area (Å²) in [6.07, 6.45) is 69.6. The first-order valence-electron chi connectivity index (χ1n) is 28.0. The zero-order valence-corrected chi connectivity index (χ0v) is 45.7. The summed E-state index contributed by atoms with van der Waals surface area (Å²) in [6, 6.07) is -0.876.